The van der Waals surface area contributed by atoms with Gasteiger partial charge in [0.05, 0.1) is 4.47 Å². The lowest BCUT2D eigenvalue weighted by molar-refractivity contribution is 0.724. The van der Waals surface area contributed by atoms with Gasteiger partial charge in [0.1, 0.15) is 5.82 Å². The predicted octanol–water partition coefficient (Wildman–Crippen LogP) is 1.95. The molecular formula is C11H16BrN3. The highest BCUT2D eigenvalue weighted by molar-refractivity contribution is 9.10. The molecule has 0 saturated carbocycles. The Hall–Kier alpha value is -0.610. The second kappa shape index (κ2) is 4.94. The van der Waals surface area contributed by atoms with E-state index in [0.717, 1.165) is 36.5 Å². The predicted molar refractivity (Wildman–Crippen MR) is 66.4 cm³/mol. The minimum atomic E-state index is 1.04. The largest absolute Gasteiger partial charge is 0.354 e. The van der Waals surface area contributed by atoms with Crippen LogP contribution in [-0.4, -0.2) is 31.2 Å². The summed E-state index contributed by atoms with van der Waals surface area (Å²) in [6.07, 6.45) is 3.07. The smallest absolute Gasteiger partial charge is 0.143 e. The maximum atomic E-state index is 4.46. The van der Waals surface area contributed by atoms with Crippen molar-refractivity contribution in [2.45, 2.75) is 13.3 Å². The van der Waals surface area contributed by atoms with Gasteiger partial charge >= 0.3 is 0 Å². The standard InChI is InChI=1S/C11H16BrN3/c1-9-3-5-14-11(10(9)12)15-7-2-4-13-6-8-15/h3,5,13H,2,4,6-8H2,1H3. The lowest BCUT2D eigenvalue weighted by Crippen LogP contribution is -2.28. The summed E-state index contributed by atoms with van der Waals surface area (Å²) < 4.78 is 1.13. The fourth-order valence-corrected chi connectivity index (χ4v) is 2.29. The fraction of sp³-hybridized carbons (Fsp3) is 0.545. The average Bonchev–Trinajstić information content (AvgIpc) is 2.50. The summed E-state index contributed by atoms with van der Waals surface area (Å²) in [4.78, 5) is 6.80. The highest BCUT2D eigenvalue weighted by Gasteiger charge is 2.14. The van der Waals surface area contributed by atoms with Crippen LogP contribution in [0.25, 0.3) is 0 Å². The molecule has 1 N–H and O–H groups in total. The highest BCUT2D eigenvalue weighted by atomic mass is 79.9. The molecule has 82 valence electrons. The molecule has 0 unspecified atom stereocenters. The van der Waals surface area contributed by atoms with Crippen molar-refractivity contribution in [2.24, 2.45) is 0 Å². The van der Waals surface area contributed by atoms with Crippen molar-refractivity contribution in [1.82, 2.24) is 10.3 Å². The van der Waals surface area contributed by atoms with Crippen LogP contribution in [0.3, 0.4) is 0 Å². The molecule has 1 fully saturated rings. The zero-order chi connectivity index (χ0) is 10.7. The van der Waals surface area contributed by atoms with Crippen LogP contribution in [0.4, 0.5) is 5.82 Å². The third kappa shape index (κ3) is 2.49. The number of aryl methyl sites for hydroxylation is 1. The lowest BCUT2D eigenvalue weighted by Gasteiger charge is -2.22. The Kier molecular flexibility index (Phi) is 3.59. The summed E-state index contributed by atoms with van der Waals surface area (Å²) in [6.45, 7) is 6.38. The molecule has 0 aromatic carbocycles. The molecule has 4 heteroatoms. The van der Waals surface area contributed by atoms with Gasteiger partial charge in [0.2, 0.25) is 0 Å². The van der Waals surface area contributed by atoms with Crippen LogP contribution < -0.4 is 10.2 Å². The Balaban J connectivity index is 2.23. The number of pyridine rings is 1. The summed E-state index contributed by atoms with van der Waals surface area (Å²) in [7, 11) is 0. The molecule has 1 aliphatic rings. The zero-order valence-electron chi connectivity index (χ0n) is 8.96. The molecule has 0 radical (unpaired) electrons. The Morgan fingerprint density at radius 3 is 3.13 bits per heavy atom. The Labute approximate surface area is 99.0 Å². The molecule has 1 saturated heterocycles. The van der Waals surface area contributed by atoms with Gasteiger partial charge in [-0.05, 0) is 47.4 Å². The van der Waals surface area contributed by atoms with E-state index in [-0.39, 0.29) is 0 Å². The Morgan fingerprint density at radius 1 is 1.40 bits per heavy atom. The first-order valence-corrected chi connectivity index (χ1v) is 6.15. The number of hydrogen-bond acceptors (Lipinski definition) is 3. The normalized spacial score (nSPS) is 17.6. The van der Waals surface area contributed by atoms with Gasteiger partial charge in [0, 0.05) is 25.8 Å². The molecule has 1 aliphatic heterocycles. The number of nitrogens with one attached hydrogen (secondary N) is 1. The number of rotatable bonds is 1. The van der Waals surface area contributed by atoms with E-state index in [0.29, 0.717) is 0 Å². The second-order valence-corrected chi connectivity index (χ2v) is 4.65. The maximum absolute atomic E-state index is 4.46. The second-order valence-electron chi connectivity index (χ2n) is 3.86. The summed E-state index contributed by atoms with van der Waals surface area (Å²) >= 11 is 3.62. The fourth-order valence-electron chi connectivity index (χ4n) is 1.80. The van der Waals surface area contributed by atoms with Crippen molar-refractivity contribution in [3.05, 3.63) is 22.3 Å². The number of hydrogen-bond donors (Lipinski definition) is 1. The average molecular weight is 270 g/mol. The minimum absolute atomic E-state index is 1.04. The van der Waals surface area contributed by atoms with Gasteiger partial charge in [-0.25, -0.2) is 4.98 Å². The molecular weight excluding hydrogens is 254 g/mol. The van der Waals surface area contributed by atoms with Crippen molar-refractivity contribution in [3.8, 4) is 0 Å². The molecule has 1 aromatic heterocycles. The van der Waals surface area contributed by atoms with E-state index in [4.69, 9.17) is 0 Å². The quantitative estimate of drug-likeness (QED) is 0.845. The number of nitrogens with zero attached hydrogens (tertiary/aromatic N) is 2. The Morgan fingerprint density at radius 2 is 2.27 bits per heavy atom. The van der Waals surface area contributed by atoms with Gasteiger partial charge in [0.15, 0.2) is 0 Å². The highest BCUT2D eigenvalue weighted by Crippen LogP contribution is 2.26. The van der Waals surface area contributed by atoms with Crippen LogP contribution in [-0.2, 0) is 0 Å². The van der Waals surface area contributed by atoms with Gasteiger partial charge in [-0.15, -0.1) is 0 Å². The molecule has 0 spiro atoms. The van der Waals surface area contributed by atoms with Crippen LogP contribution in [0.1, 0.15) is 12.0 Å². The molecule has 0 aliphatic carbocycles. The first kappa shape index (κ1) is 10.9. The van der Waals surface area contributed by atoms with Gasteiger partial charge in [-0.3, -0.25) is 0 Å². The molecule has 0 bridgehead atoms. The third-order valence-electron chi connectivity index (χ3n) is 2.70. The van der Waals surface area contributed by atoms with Crippen LogP contribution in [0.15, 0.2) is 16.7 Å². The number of halogens is 1. The van der Waals surface area contributed by atoms with Gasteiger partial charge < -0.3 is 10.2 Å². The van der Waals surface area contributed by atoms with Crippen LogP contribution >= 0.6 is 15.9 Å². The molecule has 0 amide bonds. The maximum Gasteiger partial charge on any atom is 0.143 e. The number of anilines is 1. The topological polar surface area (TPSA) is 28.2 Å². The molecule has 2 rings (SSSR count). The van der Waals surface area contributed by atoms with Gasteiger partial charge in [-0.1, -0.05) is 0 Å². The van der Waals surface area contributed by atoms with Crippen molar-refractivity contribution >= 4 is 21.7 Å². The van der Waals surface area contributed by atoms with E-state index in [1.807, 2.05) is 12.3 Å². The van der Waals surface area contributed by atoms with Gasteiger partial charge in [-0.2, -0.15) is 0 Å². The van der Waals surface area contributed by atoms with Crippen molar-refractivity contribution < 1.29 is 0 Å². The summed E-state index contributed by atoms with van der Waals surface area (Å²) in [5.74, 6) is 1.08. The monoisotopic (exact) mass is 269 g/mol. The zero-order valence-corrected chi connectivity index (χ0v) is 10.5. The number of aromatic nitrogens is 1. The molecule has 3 nitrogen and oxygen atoms in total. The van der Waals surface area contributed by atoms with E-state index in [1.165, 1.54) is 12.0 Å². The Bertz CT molecular complexity index is 333. The molecule has 1 aromatic rings. The van der Waals surface area contributed by atoms with E-state index >= 15 is 0 Å². The van der Waals surface area contributed by atoms with Crippen molar-refractivity contribution in [2.75, 3.05) is 31.1 Å². The van der Waals surface area contributed by atoms with Crippen LogP contribution in [0.2, 0.25) is 0 Å². The van der Waals surface area contributed by atoms with Crippen LogP contribution in [0.5, 0.6) is 0 Å². The first-order chi connectivity index (χ1) is 7.29. The van der Waals surface area contributed by atoms with E-state index in [2.05, 4.69) is 38.1 Å². The minimum Gasteiger partial charge on any atom is -0.354 e. The third-order valence-corrected chi connectivity index (χ3v) is 3.68. The molecule has 15 heavy (non-hydrogen) atoms. The molecule has 0 atom stereocenters. The summed E-state index contributed by atoms with van der Waals surface area (Å²) in [5.41, 5.74) is 1.25. The lowest BCUT2D eigenvalue weighted by atomic mass is 10.3. The molecule has 2 heterocycles. The van der Waals surface area contributed by atoms with Crippen molar-refractivity contribution in [1.29, 1.82) is 0 Å². The van der Waals surface area contributed by atoms with Gasteiger partial charge in [0.25, 0.3) is 0 Å². The van der Waals surface area contributed by atoms with E-state index in [1.54, 1.807) is 0 Å². The van der Waals surface area contributed by atoms with E-state index in [9.17, 15) is 0 Å². The summed E-state index contributed by atoms with van der Waals surface area (Å²) in [6, 6.07) is 2.03. The SMILES string of the molecule is Cc1ccnc(N2CCCNCC2)c1Br. The van der Waals surface area contributed by atoms with Crippen molar-refractivity contribution in [3.63, 3.8) is 0 Å². The first-order valence-electron chi connectivity index (χ1n) is 5.36. The van der Waals surface area contributed by atoms with E-state index < -0.39 is 0 Å². The summed E-state index contributed by atoms with van der Waals surface area (Å²) in [5, 5.41) is 3.40. The van der Waals surface area contributed by atoms with Crippen LogP contribution in [0, 0.1) is 6.92 Å².